The Kier molecular flexibility index (Phi) is 5.29. The van der Waals surface area contributed by atoms with Gasteiger partial charge < -0.3 is 5.32 Å². The Labute approximate surface area is 119 Å². The summed E-state index contributed by atoms with van der Waals surface area (Å²) < 4.78 is 0. The SMILES string of the molecule is CC/C=C(\C)CN1CCC(CNC(=O)c2ncn[nH]2)C1. The van der Waals surface area contributed by atoms with Crippen LogP contribution in [0.5, 0.6) is 0 Å². The Morgan fingerprint density at radius 1 is 1.65 bits per heavy atom. The lowest BCUT2D eigenvalue weighted by atomic mass is 10.1. The minimum Gasteiger partial charge on any atom is -0.349 e. The highest BCUT2D eigenvalue weighted by Crippen LogP contribution is 2.16. The van der Waals surface area contributed by atoms with Crippen LogP contribution in [0.2, 0.25) is 0 Å². The Balaban J connectivity index is 1.71. The van der Waals surface area contributed by atoms with Crippen LogP contribution in [0.15, 0.2) is 18.0 Å². The molecule has 0 radical (unpaired) electrons. The molecular formula is C14H23N5O. The molecule has 1 atom stereocenters. The number of allylic oxidation sites excluding steroid dienone is 1. The average Bonchev–Trinajstić information content (AvgIpc) is 3.07. The van der Waals surface area contributed by atoms with Gasteiger partial charge in [-0.25, -0.2) is 4.98 Å². The number of nitrogens with one attached hydrogen (secondary N) is 2. The van der Waals surface area contributed by atoms with E-state index in [9.17, 15) is 4.79 Å². The van der Waals surface area contributed by atoms with E-state index in [0.29, 0.717) is 12.5 Å². The third kappa shape index (κ3) is 4.16. The van der Waals surface area contributed by atoms with Crippen LogP contribution in [0.25, 0.3) is 0 Å². The van der Waals surface area contributed by atoms with Gasteiger partial charge in [-0.2, -0.15) is 5.10 Å². The van der Waals surface area contributed by atoms with E-state index < -0.39 is 0 Å². The molecule has 6 nitrogen and oxygen atoms in total. The third-order valence-corrected chi connectivity index (χ3v) is 3.58. The molecule has 0 bridgehead atoms. The molecule has 2 N–H and O–H groups in total. The Bertz CT molecular complexity index is 454. The molecule has 0 aliphatic carbocycles. The lowest BCUT2D eigenvalue weighted by Crippen LogP contribution is -2.32. The second kappa shape index (κ2) is 7.19. The fourth-order valence-electron chi connectivity index (χ4n) is 2.62. The summed E-state index contributed by atoms with van der Waals surface area (Å²) >= 11 is 0. The van der Waals surface area contributed by atoms with Gasteiger partial charge in [0.25, 0.3) is 5.91 Å². The summed E-state index contributed by atoms with van der Waals surface area (Å²) in [6.45, 7) is 8.24. The van der Waals surface area contributed by atoms with Crippen LogP contribution in [-0.4, -0.2) is 52.2 Å². The van der Waals surface area contributed by atoms with Gasteiger partial charge in [0.05, 0.1) is 0 Å². The molecule has 1 aromatic rings. The van der Waals surface area contributed by atoms with Gasteiger partial charge in [0, 0.05) is 19.6 Å². The molecule has 0 aromatic carbocycles. The Hall–Kier alpha value is -1.69. The topological polar surface area (TPSA) is 73.9 Å². The molecule has 1 aliphatic heterocycles. The number of aromatic amines is 1. The first-order chi connectivity index (χ1) is 9.69. The van der Waals surface area contributed by atoms with Crippen molar-refractivity contribution in [2.45, 2.75) is 26.7 Å². The van der Waals surface area contributed by atoms with Crippen molar-refractivity contribution in [3.05, 3.63) is 23.8 Å². The molecule has 6 heteroatoms. The van der Waals surface area contributed by atoms with Crippen molar-refractivity contribution in [1.29, 1.82) is 0 Å². The van der Waals surface area contributed by atoms with Crippen molar-refractivity contribution in [3.63, 3.8) is 0 Å². The van der Waals surface area contributed by atoms with Crippen molar-refractivity contribution in [2.24, 2.45) is 5.92 Å². The van der Waals surface area contributed by atoms with Crippen molar-refractivity contribution in [3.8, 4) is 0 Å². The fraction of sp³-hybridized carbons (Fsp3) is 0.643. The summed E-state index contributed by atoms with van der Waals surface area (Å²) in [5.74, 6) is 0.626. The van der Waals surface area contributed by atoms with Gasteiger partial charge in [0.15, 0.2) is 0 Å². The van der Waals surface area contributed by atoms with Crippen molar-refractivity contribution in [2.75, 3.05) is 26.2 Å². The molecule has 0 spiro atoms. The second-order valence-corrected chi connectivity index (χ2v) is 5.39. The van der Waals surface area contributed by atoms with Crippen LogP contribution in [0, 0.1) is 5.92 Å². The maximum Gasteiger partial charge on any atom is 0.288 e. The zero-order valence-electron chi connectivity index (χ0n) is 12.2. The smallest absolute Gasteiger partial charge is 0.288 e. The second-order valence-electron chi connectivity index (χ2n) is 5.39. The van der Waals surface area contributed by atoms with E-state index in [1.54, 1.807) is 0 Å². The van der Waals surface area contributed by atoms with Crippen LogP contribution in [0.4, 0.5) is 0 Å². The van der Waals surface area contributed by atoms with Crippen LogP contribution in [0.3, 0.4) is 0 Å². The standard InChI is InChI=1S/C14H23N5O/c1-3-4-11(2)8-19-6-5-12(9-19)7-15-14(20)13-16-10-17-18-13/h4,10,12H,3,5-9H2,1-2H3,(H,15,20)(H,16,17,18)/b11-4+. The number of carbonyl (C=O) groups is 1. The van der Waals surface area contributed by atoms with Crippen molar-refractivity contribution in [1.82, 2.24) is 25.4 Å². The number of nitrogens with zero attached hydrogens (tertiary/aromatic N) is 3. The zero-order chi connectivity index (χ0) is 14.4. The first-order valence-electron chi connectivity index (χ1n) is 7.20. The van der Waals surface area contributed by atoms with E-state index in [2.05, 4.69) is 45.3 Å². The molecule has 1 saturated heterocycles. The van der Waals surface area contributed by atoms with Crippen LogP contribution < -0.4 is 5.32 Å². The van der Waals surface area contributed by atoms with E-state index in [1.165, 1.54) is 11.9 Å². The van der Waals surface area contributed by atoms with Gasteiger partial charge in [0.1, 0.15) is 6.33 Å². The van der Waals surface area contributed by atoms with Crippen LogP contribution in [-0.2, 0) is 0 Å². The van der Waals surface area contributed by atoms with Crippen molar-refractivity contribution >= 4 is 5.91 Å². The van der Waals surface area contributed by atoms with E-state index >= 15 is 0 Å². The summed E-state index contributed by atoms with van der Waals surface area (Å²) in [7, 11) is 0. The predicted molar refractivity (Wildman–Crippen MR) is 77.3 cm³/mol. The van der Waals surface area contributed by atoms with Crippen LogP contribution >= 0.6 is 0 Å². The number of carbonyl (C=O) groups excluding carboxylic acids is 1. The molecule has 1 fully saturated rings. The molecular weight excluding hydrogens is 254 g/mol. The normalized spacial score (nSPS) is 20.3. The molecule has 2 heterocycles. The molecule has 1 aromatic heterocycles. The van der Waals surface area contributed by atoms with Gasteiger partial charge in [-0.05, 0) is 32.2 Å². The molecule has 110 valence electrons. The highest BCUT2D eigenvalue weighted by Gasteiger charge is 2.23. The Morgan fingerprint density at radius 3 is 3.20 bits per heavy atom. The number of hydrogen-bond acceptors (Lipinski definition) is 4. The van der Waals surface area contributed by atoms with Crippen LogP contribution in [0.1, 0.15) is 37.3 Å². The number of aromatic nitrogens is 3. The average molecular weight is 277 g/mol. The minimum absolute atomic E-state index is 0.178. The third-order valence-electron chi connectivity index (χ3n) is 3.58. The summed E-state index contributed by atoms with van der Waals surface area (Å²) in [6, 6.07) is 0. The number of rotatable bonds is 6. The summed E-state index contributed by atoms with van der Waals surface area (Å²) in [6.07, 6.45) is 5.85. The van der Waals surface area contributed by atoms with Gasteiger partial charge in [-0.1, -0.05) is 18.6 Å². The zero-order valence-corrected chi connectivity index (χ0v) is 12.2. The van der Waals surface area contributed by atoms with E-state index in [0.717, 1.165) is 32.5 Å². The molecule has 1 amide bonds. The molecule has 1 unspecified atom stereocenters. The highest BCUT2D eigenvalue weighted by molar-refractivity contribution is 5.90. The van der Waals surface area contributed by atoms with E-state index in [4.69, 9.17) is 0 Å². The van der Waals surface area contributed by atoms with Gasteiger partial charge >= 0.3 is 0 Å². The largest absolute Gasteiger partial charge is 0.349 e. The number of H-pyrrole nitrogens is 1. The van der Waals surface area contributed by atoms with E-state index in [1.807, 2.05) is 0 Å². The van der Waals surface area contributed by atoms with Gasteiger partial charge in [0.2, 0.25) is 5.82 Å². The van der Waals surface area contributed by atoms with E-state index in [-0.39, 0.29) is 11.7 Å². The first-order valence-corrected chi connectivity index (χ1v) is 7.20. The minimum atomic E-state index is -0.178. The number of likely N-dealkylation sites (tertiary alicyclic amines) is 1. The number of amides is 1. The lowest BCUT2D eigenvalue weighted by Gasteiger charge is -2.16. The number of hydrogen-bond donors (Lipinski definition) is 2. The van der Waals surface area contributed by atoms with Gasteiger partial charge in [-0.3, -0.25) is 14.8 Å². The quantitative estimate of drug-likeness (QED) is 0.767. The molecule has 1 aliphatic rings. The maximum absolute atomic E-state index is 11.7. The summed E-state index contributed by atoms with van der Waals surface area (Å²) in [4.78, 5) is 18.0. The Morgan fingerprint density at radius 2 is 2.50 bits per heavy atom. The van der Waals surface area contributed by atoms with Gasteiger partial charge in [-0.15, -0.1) is 0 Å². The lowest BCUT2D eigenvalue weighted by molar-refractivity contribution is 0.0937. The molecule has 2 rings (SSSR count). The maximum atomic E-state index is 11.7. The fourth-order valence-corrected chi connectivity index (χ4v) is 2.62. The predicted octanol–water partition coefficient (Wildman–Crippen LogP) is 1.21. The monoisotopic (exact) mass is 277 g/mol. The summed E-state index contributed by atoms with van der Waals surface area (Å²) in [5, 5.41) is 9.16. The highest BCUT2D eigenvalue weighted by atomic mass is 16.2. The molecule has 20 heavy (non-hydrogen) atoms. The van der Waals surface area contributed by atoms with Crippen molar-refractivity contribution < 1.29 is 4.79 Å². The molecule has 0 saturated carbocycles. The summed E-state index contributed by atoms with van der Waals surface area (Å²) in [5.41, 5.74) is 1.43. The first kappa shape index (κ1) is 14.7.